The fraction of sp³-hybridized carbons (Fsp3) is 0. The third-order valence-corrected chi connectivity index (χ3v) is 4.75. The van der Waals surface area contributed by atoms with Crippen molar-refractivity contribution in [2.75, 3.05) is 0 Å². The van der Waals surface area contributed by atoms with Crippen LogP contribution in [-0.2, 0) is 0 Å². The van der Waals surface area contributed by atoms with E-state index < -0.39 is 0 Å². The summed E-state index contributed by atoms with van der Waals surface area (Å²) in [7, 11) is 0. The van der Waals surface area contributed by atoms with Gasteiger partial charge in [-0.1, -0.05) is 12.1 Å². The number of thiophene rings is 1. The largest absolute Gasteiger partial charge is 0.435 e. The monoisotopic (exact) mass is 327 g/mol. The number of nitrogens with zero attached hydrogens (tertiary/aromatic N) is 3. The van der Waals surface area contributed by atoms with E-state index >= 15 is 0 Å². The van der Waals surface area contributed by atoms with Crippen molar-refractivity contribution in [3.05, 3.63) is 65.7 Å². The lowest BCUT2D eigenvalue weighted by molar-refractivity contribution is 0.621. The van der Waals surface area contributed by atoms with Crippen LogP contribution in [0.4, 0.5) is 0 Å². The Morgan fingerprint density at radius 1 is 0.833 bits per heavy atom. The van der Waals surface area contributed by atoms with Gasteiger partial charge < -0.3 is 4.42 Å². The Hall–Kier alpha value is -3.41. The van der Waals surface area contributed by atoms with Gasteiger partial charge in [-0.3, -0.25) is 0 Å². The molecule has 0 saturated heterocycles. The van der Waals surface area contributed by atoms with Gasteiger partial charge in [-0.15, -0.1) is 11.3 Å². The van der Waals surface area contributed by atoms with Gasteiger partial charge in [-0.25, -0.2) is 4.98 Å². The number of oxazole rings is 1. The summed E-state index contributed by atoms with van der Waals surface area (Å²) in [6.07, 6.45) is 0. The van der Waals surface area contributed by atoms with Gasteiger partial charge in [0.15, 0.2) is 5.58 Å². The molecule has 4 rings (SSSR count). The van der Waals surface area contributed by atoms with Crippen LogP contribution in [0.5, 0.6) is 0 Å². The summed E-state index contributed by atoms with van der Waals surface area (Å²) in [5.74, 6) is 0.546. The Balaban J connectivity index is 1.71. The summed E-state index contributed by atoms with van der Waals surface area (Å²) in [5.41, 5.74) is 3.59. The minimum atomic E-state index is 0.546. The van der Waals surface area contributed by atoms with Crippen LogP contribution in [-0.4, -0.2) is 4.98 Å². The minimum Gasteiger partial charge on any atom is -0.435 e. The predicted molar refractivity (Wildman–Crippen MR) is 92.2 cm³/mol. The van der Waals surface area contributed by atoms with Crippen LogP contribution in [0.1, 0.15) is 11.1 Å². The Morgan fingerprint density at radius 3 is 2.29 bits per heavy atom. The average Bonchev–Trinajstić information content (AvgIpc) is 3.27. The maximum Gasteiger partial charge on any atom is 0.237 e. The summed E-state index contributed by atoms with van der Waals surface area (Å²) in [5, 5.41) is 17.8. The Morgan fingerprint density at radius 2 is 1.54 bits per heavy atom. The first kappa shape index (κ1) is 14.2. The van der Waals surface area contributed by atoms with Gasteiger partial charge in [0.25, 0.3) is 0 Å². The molecule has 2 heterocycles. The molecule has 4 aromatic rings. The molecule has 0 fully saturated rings. The quantitative estimate of drug-likeness (QED) is 0.521. The Bertz CT molecular complexity index is 1120. The molecule has 0 bridgehead atoms. The fourth-order valence-electron chi connectivity index (χ4n) is 2.42. The smallest absolute Gasteiger partial charge is 0.237 e. The van der Waals surface area contributed by atoms with Crippen molar-refractivity contribution in [1.29, 1.82) is 10.5 Å². The molecule has 2 aromatic heterocycles. The lowest BCUT2D eigenvalue weighted by Crippen LogP contribution is -1.74. The van der Waals surface area contributed by atoms with Crippen molar-refractivity contribution in [2.24, 2.45) is 0 Å². The van der Waals surface area contributed by atoms with E-state index in [0.717, 1.165) is 15.3 Å². The van der Waals surface area contributed by atoms with Crippen molar-refractivity contribution < 1.29 is 4.42 Å². The first-order valence-electron chi connectivity index (χ1n) is 7.18. The lowest BCUT2D eigenvalue weighted by Gasteiger charge is -1.96. The van der Waals surface area contributed by atoms with Crippen LogP contribution in [0.15, 0.2) is 59.0 Å². The van der Waals surface area contributed by atoms with E-state index in [1.807, 2.05) is 24.3 Å². The second-order valence-electron chi connectivity index (χ2n) is 5.17. The van der Waals surface area contributed by atoms with E-state index in [9.17, 15) is 0 Å². The fourth-order valence-corrected chi connectivity index (χ4v) is 3.36. The van der Waals surface area contributed by atoms with Gasteiger partial charge in [-0.05, 0) is 48.0 Å². The molecule has 5 heteroatoms. The molecule has 0 atom stereocenters. The zero-order valence-electron chi connectivity index (χ0n) is 12.4. The van der Waals surface area contributed by atoms with E-state index in [4.69, 9.17) is 14.9 Å². The standard InChI is InChI=1S/C19H9N3OS/c20-10-12-1-4-14(5-2-12)17-7-8-18(24-17)19-22-15-9-13(11-21)3-6-16(15)23-19/h1-9H. The summed E-state index contributed by atoms with van der Waals surface area (Å²) < 4.78 is 5.79. The topological polar surface area (TPSA) is 73.6 Å². The molecule has 0 aliphatic rings. The molecule has 0 aliphatic heterocycles. The summed E-state index contributed by atoms with van der Waals surface area (Å²) in [6, 6.07) is 20.9. The first-order valence-corrected chi connectivity index (χ1v) is 8.00. The average molecular weight is 327 g/mol. The molecule has 0 aliphatic carbocycles. The lowest BCUT2D eigenvalue weighted by atomic mass is 10.1. The van der Waals surface area contributed by atoms with Gasteiger partial charge in [0.2, 0.25) is 5.89 Å². The van der Waals surface area contributed by atoms with Crippen LogP contribution in [0, 0.1) is 22.7 Å². The zero-order valence-corrected chi connectivity index (χ0v) is 13.2. The molecule has 0 radical (unpaired) electrons. The van der Waals surface area contributed by atoms with Gasteiger partial charge in [0, 0.05) is 4.88 Å². The molecule has 0 amide bonds. The highest BCUT2D eigenvalue weighted by Gasteiger charge is 2.12. The van der Waals surface area contributed by atoms with Crippen molar-refractivity contribution in [1.82, 2.24) is 4.98 Å². The van der Waals surface area contributed by atoms with Gasteiger partial charge in [-0.2, -0.15) is 10.5 Å². The number of rotatable bonds is 2. The molecule has 0 spiro atoms. The minimum absolute atomic E-state index is 0.546. The number of hydrogen-bond donors (Lipinski definition) is 0. The van der Waals surface area contributed by atoms with E-state index in [0.29, 0.717) is 28.1 Å². The van der Waals surface area contributed by atoms with E-state index in [2.05, 4.69) is 17.1 Å². The van der Waals surface area contributed by atoms with Crippen LogP contribution in [0.2, 0.25) is 0 Å². The Labute approximate surface area is 141 Å². The molecule has 0 N–H and O–H groups in total. The first-order chi connectivity index (χ1) is 11.8. The second kappa shape index (κ2) is 5.66. The Kier molecular flexibility index (Phi) is 3.35. The molecule has 112 valence electrons. The highest BCUT2D eigenvalue weighted by atomic mass is 32.1. The van der Waals surface area contributed by atoms with Crippen LogP contribution >= 0.6 is 11.3 Å². The number of fused-ring (bicyclic) bond motifs is 1. The maximum absolute atomic E-state index is 8.96. The van der Waals surface area contributed by atoms with Crippen LogP contribution in [0.3, 0.4) is 0 Å². The molecular weight excluding hydrogens is 318 g/mol. The molecule has 0 saturated carbocycles. The van der Waals surface area contributed by atoms with Crippen molar-refractivity contribution in [3.8, 4) is 33.3 Å². The number of benzene rings is 2. The second-order valence-corrected chi connectivity index (χ2v) is 6.25. The highest BCUT2D eigenvalue weighted by molar-refractivity contribution is 7.18. The van der Waals surface area contributed by atoms with Crippen molar-refractivity contribution in [2.45, 2.75) is 0 Å². The summed E-state index contributed by atoms with van der Waals surface area (Å²) in [4.78, 5) is 6.47. The maximum atomic E-state index is 8.96. The predicted octanol–water partition coefficient (Wildman–Crippen LogP) is 4.97. The molecule has 0 unspecified atom stereocenters. The third-order valence-electron chi connectivity index (χ3n) is 3.63. The third kappa shape index (κ3) is 2.44. The molecule has 4 nitrogen and oxygen atoms in total. The molecular formula is C19H9N3OS. The van der Waals surface area contributed by atoms with Crippen molar-refractivity contribution >= 4 is 22.4 Å². The summed E-state index contributed by atoms with van der Waals surface area (Å²) >= 11 is 1.57. The normalized spacial score (nSPS) is 10.4. The van der Waals surface area contributed by atoms with Gasteiger partial charge >= 0.3 is 0 Å². The van der Waals surface area contributed by atoms with Crippen molar-refractivity contribution in [3.63, 3.8) is 0 Å². The number of hydrogen-bond acceptors (Lipinski definition) is 5. The van der Waals surface area contributed by atoms with Gasteiger partial charge in [0.05, 0.1) is 28.1 Å². The van der Waals surface area contributed by atoms with Gasteiger partial charge in [0.1, 0.15) is 5.52 Å². The molecule has 2 aromatic carbocycles. The number of nitriles is 2. The highest BCUT2D eigenvalue weighted by Crippen LogP contribution is 2.35. The van der Waals surface area contributed by atoms with E-state index in [1.54, 1.807) is 41.7 Å². The van der Waals surface area contributed by atoms with E-state index in [1.165, 1.54) is 0 Å². The van der Waals surface area contributed by atoms with E-state index in [-0.39, 0.29) is 0 Å². The zero-order chi connectivity index (χ0) is 16.5. The van der Waals surface area contributed by atoms with Crippen LogP contribution < -0.4 is 0 Å². The molecule has 24 heavy (non-hydrogen) atoms. The summed E-state index contributed by atoms with van der Waals surface area (Å²) in [6.45, 7) is 0. The number of aromatic nitrogens is 1. The SMILES string of the molecule is N#Cc1ccc(-c2ccc(-c3nc4cc(C#N)ccc4o3)s2)cc1. The van der Waals surface area contributed by atoms with Crippen LogP contribution in [0.25, 0.3) is 32.3 Å².